The number of benzene rings is 1. The number of fused-ring (bicyclic) bond motifs is 2. The zero-order valence-corrected chi connectivity index (χ0v) is 13.5. The number of rotatable bonds is 3. The molecule has 110 valence electrons. The van der Waals surface area contributed by atoms with Crippen molar-refractivity contribution in [2.45, 2.75) is 46.1 Å². The van der Waals surface area contributed by atoms with E-state index < -0.39 is 0 Å². The van der Waals surface area contributed by atoms with Crippen molar-refractivity contribution in [3.05, 3.63) is 24.3 Å². The summed E-state index contributed by atoms with van der Waals surface area (Å²) < 4.78 is 0. The highest BCUT2D eigenvalue weighted by molar-refractivity contribution is 5.58. The molecular weight excluding hydrogens is 244 g/mol. The fourth-order valence-electron chi connectivity index (χ4n) is 4.50. The first-order chi connectivity index (χ1) is 9.34. The maximum atomic E-state index is 3.84. The molecule has 0 aromatic heterocycles. The lowest BCUT2D eigenvalue weighted by atomic mass is 9.69. The van der Waals surface area contributed by atoms with Gasteiger partial charge in [-0.25, -0.2) is 0 Å². The Morgan fingerprint density at radius 3 is 2.50 bits per heavy atom. The van der Waals surface area contributed by atoms with Gasteiger partial charge in [0.2, 0.25) is 0 Å². The Labute approximate surface area is 123 Å². The number of anilines is 2. The van der Waals surface area contributed by atoms with Crippen LogP contribution in [0.2, 0.25) is 0 Å². The minimum atomic E-state index is 0.436. The van der Waals surface area contributed by atoms with Crippen molar-refractivity contribution in [3.63, 3.8) is 0 Å². The van der Waals surface area contributed by atoms with Crippen LogP contribution in [-0.4, -0.2) is 20.1 Å². The van der Waals surface area contributed by atoms with Gasteiger partial charge in [-0.2, -0.15) is 0 Å². The van der Waals surface area contributed by atoms with Crippen molar-refractivity contribution in [3.8, 4) is 0 Å². The predicted octanol–water partition coefficient (Wildman–Crippen LogP) is 4.38. The van der Waals surface area contributed by atoms with E-state index in [1.807, 2.05) is 0 Å². The van der Waals surface area contributed by atoms with Crippen molar-refractivity contribution >= 4 is 11.4 Å². The molecule has 0 aliphatic heterocycles. The summed E-state index contributed by atoms with van der Waals surface area (Å²) in [6.45, 7) is 7.44. The fraction of sp³-hybridized carbons (Fsp3) is 0.667. The van der Waals surface area contributed by atoms with Crippen LogP contribution in [0.4, 0.5) is 11.4 Å². The molecule has 2 nitrogen and oxygen atoms in total. The van der Waals surface area contributed by atoms with Crippen molar-refractivity contribution in [2.24, 2.45) is 16.7 Å². The number of hydrogen-bond acceptors (Lipinski definition) is 2. The first-order valence-corrected chi connectivity index (χ1v) is 7.88. The maximum Gasteiger partial charge on any atom is 0.0381 e. The van der Waals surface area contributed by atoms with Gasteiger partial charge < -0.3 is 10.2 Å². The fourth-order valence-corrected chi connectivity index (χ4v) is 4.50. The van der Waals surface area contributed by atoms with Gasteiger partial charge in [-0.1, -0.05) is 26.8 Å². The third-order valence-corrected chi connectivity index (χ3v) is 6.50. The van der Waals surface area contributed by atoms with Crippen molar-refractivity contribution in [2.75, 3.05) is 24.3 Å². The van der Waals surface area contributed by atoms with Crippen LogP contribution in [0.25, 0.3) is 0 Å². The van der Waals surface area contributed by atoms with Crippen LogP contribution >= 0.6 is 0 Å². The number of nitrogens with zero attached hydrogens (tertiary/aromatic N) is 1. The summed E-state index contributed by atoms with van der Waals surface area (Å²) in [5, 5.41) is 3.84. The summed E-state index contributed by atoms with van der Waals surface area (Å²) in [4.78, 5) is 2.16. The number of nitrogens with one attached hydrogen (secondary N) is 1. The molecule has 1 aromatic rings. The van der Waals surface area contributed by atoms with E-state index in [9.17, 15) is 0 Å². The Morgan fingerprint density at radius 1 is 1.20 bits per heavy atom. The van der Waals surface area contributed by atoms with E-state index in [4.69, 9.17) is 0 Å². The Hall–Kier alpha value is -1.18. The van der Waals surface area contributed by atoms with Gasteiger partial charge in [0.05, 0.1) is 0 Å². The average Bonchev–Trinajstić information content (AvgIpc) is 2.72. The molecule has 2 fully saturated rings. The van der Waals surface area contributed by atoms with Gasteiger partial charge in [0, 0.05) is 31.5 Å². The van der Waals surface area contributed by atoms with E-state index in [-0.39, 0.29) is 0 Å². The lowest BCUT2D eigenvalue weighted by Gasteiger charge is -2.40. The van der Waals surface area contributed by atoms with Crippen LogP contribution < -0.4 is 10.2 Å². The predicted molar refractivity (Wildman–Crippen MR) is 87.4 cm³/mol. The molecule has 2 heteroatoms. The summed E-state index contributed by atoms with van der Waals surface area (Å²) in [6, 6.07) is 9.40. The van der Waals surface area contributed by atoms with Gasteiger partial charge in [0.1, 0.15) is 0 Å². The summed E-state index contributed by atoms with van der Waals surface area (Å²) in [7, 11) is 4.20. The molecule has 0 spiro atoms. The van der Waals surface area contributed by atoms with Gasteiger partial charge in [0.25, 0.3) is 0 Å². The second-order valence-electron chi connectivity index (χ2n) is 7.75. The molecule has 0 saturated heterocycles. The van der Waals surface area contributed by atoms with E-state index in [0.29, 0.717) is 16.9 Å². The van der Waals surface area contributed by atoms with Crippen molar-refractivity contribution in [1.29, 1.82) is 0 Å². The van der Waals surface area contributed by atoms with Crippen LogP contribution in [0, 0.1) is 16.7 Å². The Kier molecular flexibility index (Phi) is 3.04. The lowest BCUT2D eigenvalue weighted by molar-refractivity contribution is 0.142. The molecule has 3 atom stereocenters. The third kappa shape index (κ3) is 1.84. The summed E-state index contributed by atoms with van der Waals surface area (Å²) in [5.41, 5.74) is 3.45. The lowest BCUT2D eigenvalue weighted by Crippen LogP contribution is -2.40. The second-order valence-corrected chi connectivity index (χ2v) is 7.75. The largest absolute Gasteiger partial charge is 0.382 e. The van der Waals surface area contributed by atoms with Crippen LogP contribution in [0.3, 0.4) is 0 Å². The summed E-state index contributed by atoms with van der Waals surface area (Å²) in [5.74, 6) is 0.891. The molecule has 0 radical (unpaired) electrons. The van der Waals surface area contributed by atoms with Crippen molar-refractivity contribution in [1.82, 2.24) is 0 Å². The molecule has 2 aliphatic carbocycles. The van der Waals surface area contributed by atoms with Gasteiger partial charge in [-0.15, -0.1) is 0 Å². The molecule has 1 aromatic carbocycles. The van der Waals surface area contributed by atoms with Crippen LogP contribution in [0.1, 0.15) is 40.0 Å². The quantitative estimate of drug-likeness (QED) is 0.878. The molecule has 20 heavy (non-hydrogen) atoms. The molecule has 3 unspecified atom stereocenters. The molecular formula is C18H28N2. The maximum absolute atomic E-state index is 3.84. The highest BCUT2D eigenvalue weighted by Crippen LogP contribution is 2.65. The molecule has 0 amide bonds. The van der Waals surface area contributed by atoms with Gasteiger partial charge in [0.15, 0.2) is 0 Å². The topological polar surface area (TPSA) is 15.3 Å². The first-order valence-electron chi connectivity index (χ1n) is 7.88. The average molecular weight is 272 g/mol. The highest BCUT2D eigenvalue weighted by Gasteiger charge is 2.61. The molecule has 2 bridgehead atoms. The Balaban J connectivity index is 1.81. The van der Waals surface area contributed by atoms with Gasteiger partial charge >= 0.3 is 0 Å². The second kappa shape index (κ2) is 4.41. The Bertz CT molecular complexity index is 506. The SMILES string of the molecule is CN(C)c1cccc(NC2CC3CCC2(C)C3(C)C)c1. The zero-order chi connectivity index (χ0) is 14.5. The summed E-state index contributed by atoms with van der Waals surface area (Å²) in [6.07, 6.45) is 4.12. The highest BCUT2D eigenvalue weighted by atomic mass is 15.1. The van der Waals surface area contributed by atoms with E-state index in [1.54, 1.807) is 0 Å². The summed E-state index contributed by atoms with van der Waals surface area (Å²) >= 11 is 0. The standard InChI is InChI=1S/C18H28N2/c1-17(2)13-9-10-18(17,3)16(11-13)19-14-7-6-8-15(12-14)20(4)5/h6-8,12-13,16,19H,9-11H2,1-5H3. The van der Waals surface area contributed by atoms with Crippen LogP contribution in [0.15, 0.2) is 24.3 Å². The minimum absolute atomic E-state index is 0.436. The van der Waals surface area contributed by atoms with Crippen LogP contribution in [0.5, 0.6) is 0 Å². The van der Waals surface area contributed by atoms with E-state index >= 15 is 0 Å². The smallest absolute Gasteiger partial charge is 0.0381 e. The molecule has 0 heterocycles. The Morgan fingerprint density at radius 2 is 1.95 bits per heavy atom. The zero-order valence-electron chi connectivity index (χ0n) is 13.5. The number of hydrogen-bond donors (Lipinski definition) is 1. The third-order valence-electron chi connectivity index (χ3n) is 6.50. The van der Waals surface area contributed by atoms with E-state index in [1.165, 1.54) is 30.6 Å². The minimum Gasteiger partial charge on any atom is -0.382 e. The van der Waals surface area contributed by atoms with Gasteiger partial charge in [-0.05, 0) is 54.2 Å². The molecule has 3 rings (SSSR count). The first kappa shape index (κ1) is 13.8. The van der Waals surface area contributed by atoms with Crippen LogP contribution in [-0.2, 0) is 0 Å². The van der Waals surface area contributed by atoms with Crippen molar-refractivity contribution < 1.29 is 0 Å². The monoisotopic (exact) mass is 272 g/mol. The van der Waals surface area contributed by atoms with E-state index in [0.717, 1.165) is 5.92 Å². The van der Waals surface area contributed by atoms with E-state index in [2.05, 4.69) is 69.3 Å². The molecule has 1 N–H and O–H groups in total. The normalized spacial score (nSPS) is 34.2. The molecule has 2 saturated carbocycles. The van der Waals surface area contributed by atoms with Gasteiger partial charge in [-0.3, -0.25) is 0 Å². The molecule has 2 aliphatic rings.